The second-order valence-electron chi connectivity index (χ2n) is 2.63. The van der Waals surface area contributed by atoms with Crippen molar-refractivity contribution in [3.63, 3.8) is 0 Å². The van der Waals surface area contributed by atoms with Gasteiger partial charge < -0.3 is 5.32 Å². The first-order chi connectivity index (χ1) is 6.24. The lowest BCUT2D eigenvalue weighted by Crippen LogP contribution is -2.03. The van der Waals surface area contributed by atoms with E-state index in [0.29, 0.717) is 10.0 Å². The van der Waals surface area contributed by atoms with E-state index in [1.165, 1.54) is 0 Å². The van der Waals surface area contributed by atoms with Gasteiger partial charge in [-0.2, -0.15) is 0 Å². The fraction of sp³-hybridized carbons (Fsp3) is 0.200. The van der Waals surface area contributed by atoms with Crippen LogP contribution in [0.25, 0.3) is 6.08 Å². The number of benzene rings is 1. The quantitative estimate of drug-likeness (QED) is 0.817. The first kappa shape index (κ1) is 10.6. The second kappa shape index (κ2) is 5.28. The molecule has 0 spiro atoms. The summed E-state index contributed by atoms with van der Waals surface area (Å²) < 4.78 is 0. The maximum absolute atomic E-state index is 5.95. The first-order valence-corrected chi connectivity index (χ1v) is 4.76. The average Bonchev–Trinajstić information content (AvgIpc) is 2.09. The van der Waals surface area contributed by atoms with Gasteiger partial charge in [-0.15, -0.1) is 0 Å². The second-order valence-corrected chi connectivity index (χ2v) is 3.47. The standard InChI is InChI=1S/C10H11Cl2N/c1-13-6-2-3-8-4-5-9(11)7-10(8)12/h2-5,7,13H,6H2,1H3. The predicted molar refractivity (Wildman–Crippen MR) is 59.4 cm³/mol. The minimum atomic E-state index is 0.663. The summed E-state index contributed by atoms with van der Waals surface area (Å²) >= 11 is 11.7. The van der Waals surface area contributed by atoms with Crippen molar-refractivity contribution in [3.05, 3.63) is 39.9 Å². The molecule has 1 aromatic rings. The van der Waals surface area contributed by atoms with E-state index in [0.717, 1.165) is 12.1 Å². The molecule has 0 saturated carbocycles. The van der Waals surface area contributed by atoms with Crippen LogP contribution in [0.15, 0.2) is 24.3 Å². The minimum Gasteiger partial charge on any atom is -0.316 e. The molecule has 0 amide bonds. The Kier molecular flexibility index (Phi) is 4.29. The normalized spacial score (nSPS) is 11.0. The summed E-state index contributed by atoms with van der Waals surface area (Å²) in [6.45, 7) is 0.832. The Labute approximate surface area is 88.4 Å². The highest BCUT2D eigenvalue weighted by Crippen LogP contribution is 2.21. The van der Waals surface area contributed by atoms with Crippen molar-refractivity contribution in [3.8, 4) is 0 Å². The Balaban J connectivity index is 2.77. The van der Waals surface area contributed by atoms with E-state index in [-0.39, 0.29) is 0 Å². The van der Waals surface area contributed by atoms with E-state index >= 15 is 0 Å². The molecule has 1 aromatic carbocycles. The highest BCUT2D eigenvalue weighted by Gasteiger charge is 1.96. The monoisotopic (exact) mass is 215 g/mol. The van der Waals surface area contributed by atoms with Crippen LogP contribution in [-0.2, 0) is 0 Å². The zero-order chi connectivity index (χ0) is 9.68. The molecule has 0 heterocycles. The van der Waals surface area contributed by atoms with Crippen molar-refractivity contribution in [1.82, 2.24) is 5.32 Å². The van der Waals surface area contributed by atoms with Crippen LogP contribution < -0.4 is 5.32 Å². The molecule has 13 heavy (non-hydrogen) atoms. The number of nitrogens with one attached hydrogen (secondary N) is 1. The molecule has 1 rings (SSSR count). The van der Waals surface area contributed by atoms with Crippen molar-refractivity contribution >= 4 is 29.3 Å². The van der Waals surface area contributed by atoms with Gasteiger partial charge in [0.2, 0.25) is 0 Å². The Hall–Kier alpha value is -0.500. The van der Waals surface area contributed by atoms with Gasteiger partial charge in [0.05, 0.1) is 0 Å². The van der Waals surface area contributed by atoms with Crippen LogP contribution in [0.2, 0.25) is 10.0 Å². The van der Waals surface area contributed by atoms with Crippen LogP contribution in [0.3, 0.4) is 0 Å². The van der Waals surface area contributed by atoms with Crippen LogP contribution in [0.5, 0.6) is 0 Å². The molecule has 0 aromatic heterocycles. The predicted octanol–water partition coefficient (Wildman–Crippen LogP) is 3.23. The van der Waals surface area contributed by atoms with E-state index in [2.05, 4.69) is 5.32 Å². The van der Waals surface area contributed by atoms with Crippen LogP contribution in [0.1, 0.15) is 5.56 Å². The molecule has 0 aliphatic heterocycles. The molecule has 0 atom stereocenters. The van der Waals surface area contributed by atoms with Gasteiger partial charge in [-0.05, 0) is 24.7 Å². The number of hydrogen-bond donors (Lipinski definition) is 1. The Morgan fingerprint density at radius 2 is 2.15 bits per heavy atom. The molecule has 1 nitrogen and oxygen atoms in total. The molecule has 0 radical (unpaired) electrons. The maximum atomic E-state index is 5.95. The van der Waals surface area contributed by atoms with Crippen LogP contribution >= 0.6 is 23.2 Å². The Morgan fingerprint density at radius 1 is 1.38 bits per heavy atom. The summed E-state index contributed by atoms with van der Waals surface area (Å²) in [5.74, 6) is 0. The summed E-state index contributed by atoms with van der Waals surface area (Å²) in [6, 6.07) is 5.46. The van der Waals surface area contributed by atoms with Gasteiger partial charge >= 0.3 is 0 Å². The zero-order valence-corrected chi connectivity index (χ0v) is 8.86. The van der Waals surface area contributed by atoms with Gasteiger partial charge in [0.25, 0.3) is 0 Å². The molecule has 0 aliphatic rings. The molecule has 70 valence electrons. The number of halogens is 2. The topological polar surface area (TPSA) is 12.0 Å². The minimum absolute atomic E-state index is 0.663. The molecule has 3 heteroatoms. The lowest BCUT2D eigenvalue weighted by Gasteiger charge is -1.98. The van der Waals surface area contributed by atoms with Gasteiger partial charge in [0.1, 0.15) is 0 Å². The first-order valence-electron chi connectivity index (χ1n) is 4.00. The van der Waals surface area contributed by atoms with E-state index < -0.39 is 0 Å². The van der Waals surface area contributed by atoms with Crippen LogP contribution in [0, 0.1) is 0 Å². The summed E-state index contributed by atoms with van der Waals surface area (Å²) in [5, 5.41) is 4.36. The van der Waals surface area contributed by atoms with Gasteiger partial charge in [0, 0.05) is 16.6 Å². The Morgan fingerprint density at radius 3 is 2.77 bits per heavy atom. The fourth-order valence-electron chi connectivity index (χ4n) is 0.940. The van der Waals surface area contributed by atoms with E-state index in [1.54, 1.807) is 6.07 Å². The van der Waals surface area contributed by atoms with Crippen molar-refractivity contribution in [1.29, 1.82) is 0 Å². The number of likely N-dealkylation sites (N-methyl/N-ethyl adjacent to an activating group) is 1. The largest absolute Gasteiger partial charge is 0.316 e. The third-order valence-corrected chi connectivity index (χ3v) is 2.14. The van der Waals surface area contributed by atoms with Crippen molar-refractivity contribution < 1.29 is 0 Å². The molecule has 0 bridgehead atoms. The summed E-state index contributed by atoms with van der Waals surface area (Å²) in [6.07, 6.45) is 3.98. The SMILES string of the molecule is CNCC=Cc1ccc(Cl)cc1Cl. The fourth-order valence-corrected chi connectivity index (χ4v) is 1.41. The molecule has 0 unspecified atom stereocenters. The molecule has 0 saturated heterocycles. The van der Waals surface area contributed by atoms with Crippen molar-refractivity contribution in [2.45, 2.75) is 0 Å². The van der Waals surface area contributed by atoms with Gasteiger partial charge in [-0.25, -0.2) is 0 Å². The number of hydrogen-bond acceptors (Lipinski definition) is 1. The summed E-state index contributed by atoms with van der Waals surface area (Å²) in [7, 11) is 1.90. The zero-order valence-electron chi connectivity index (χ0n) is 7.35. The van der Waals surface area contributed by atoms with E-state index in [4.69, 9.17) is 23.2 Å². The molecule has 1 N–H and O–H groups in total. The smallest absolute Gasteiger partial charge is 0.0493 e. The van der Waals surface area contributed by atoms with Crippen molar-refractivity contribution in [2.24, 2.45) is 0 Å². The van der Waals surface area contributed by atoms with Gasteiger partial charge in [-0.1, -0.05) is 41.4 Å². The molecule has 0 aliphatic carbocycles. The Bertz CT molecular complexity index is 308. The average molecular weight is 216 g/mol. The summed E-state index contributed by atoms with van der Waals surface area (Å²) in [5.41, 5.74) is 0.987. The van der Waals surface area contributed by atoms with Crippen molar-refractivity contribution in [2.75, 3.05) is 13.6 Å². The molecular weight excluding hydrogens is 205 g/mol. The van der Waals surface area contributed by atoms with E-state index in [1.807, 2.05) is 31.3 Å². The maximum Gasteiger partial charge on any atom is 0.0493 e. The van der Waals surface area contributed by atoms with Crippen LogP contribution in [-0.4, -0.2) is 13.6 Å². The molecule has 0 fully saturated rings. The highest BCUT2D eigenvalue weighted by molar-refractivity contribution is 6.35. The lowest BCUT2D eigenvalue weighted by molar-refractivity contribution is 0.922. The van der Waals surface area contributed by atoms with Crippen LogP contribution in [0.4, 0.5) is 0 Å². The van der Waals surface area contributed by atoms with Gasteiger partial charge in [0.15, 0.2) is 0 Å². The molecular formula is C10H11Cl2N. The van der Waals surface area contributed by atoms with Gasteiger partial charge in [-0.3, -0.25) is 0 Å². The summed E-state index contributed by atoms with van der Waals surface area (Å²) in [4.78, 5) is 0. The van der Waals surface area contributed by atoms with E-state index in [9.17, 15) is 0 Å². The lowest BCUT2D eigenvalue weighted by atomic mass is 10.2. The highest BCUT2D eigenvalue weighted by atomic mass is 35.5. The number of rotatable bonds is 3. The third-order valence-electron chi connectivity index (χ3n) is 1.58. The third kappa shape index (κ3) is 3.39.